The number of hydrogen-bond donors (Lipinski definition) is 0. The van der Waals surface area contributed by atoms with E-state index in [1.54, 1.807) is 0 Å². The molecule has 0 radical (unpaired) electrons. The minimum Gasteiger partial charge on any atom is -1.00 e. The summed E-state index contributed by atoms with van der Waals surface area (Å²) in [6.07, 6.45) is 4.56. The first-order valence-electron chi connectivity index (χ1n) is 2.52. The summed E-state index contributed by atoms with van der Waals surface area (Å²) in [7, 11) is 0.567. The van der Waals surface area contributed by atoms with Crippen molar-refractivity contribution >= 4 is 10.9 Å². The molecule has 0 aliphatic rings. The van der Waals surface area contributed by atoms with Crippen molar-refractivity contribution < 1.29 is 24.0 Å². The Morgan fingerprint density at radius 3 is 1.12 bits per heavy atom. The molecular formula is C6H15IS. The lowest BCUT2D eigenvalue weighted by Gasteiger charge is -2.12. The second-order valence-electron chi connectivity index (χ2n) is 2.93. The van der Waals surface area contributed by atoms with Crippen LogP contribution in [0.5, 0.6) is 0 Å². The number of halogens is 1. The molecule has 0 heterocycles. The average molecular weight is 246 g/mol. The molecule has 0 atom stereocenters. The van der Waals surface area contributed by atoms with Gasteiger partial charge < -0.3 is 24.0 Å². The van der Waals surface area contributed by atoms with E-state index < -0.39 is 0 Å². The third-order valence-electron chi connectivity index (χ3n) is 1.22. The first-order valence-corrected chi connectivity index (χ1v) is 4.56. The Hall–Kier alpha value is 1.08. The highest BCUT2D eigenvalue weighted by Crippen LogP contribution is 2.12. The second kappa shape index (κ2) is 3.99. The van der Waals surface area contributed by atoms with Crippen LogP contribution in [0.3, 0.4) is 0 Å². The Balaban J connectivity index is 0. The van der Waals surface area contributed by atoms with E-state index in [1.165, 1.54) is 0 Å². The lowest BCUT2D eigenvalue weighted by Crippen LogP contribution is -3.00. The quantitative estimate of drug-likeness (QED) is 0.367. The summed E-state index contributed by atoms with van der Waals surface area (Å²) in [5, 5.41) is 0. The van der Waals surface area contributed by atoms with Crippen molar-refractivity contribution in [3.63, 3.8) is 0 Å². The summed E-state index contributed by atoms with van der Waals surface area (Å²) in [6, 6.07) is 0. The molecular weight excluding hydrogens is 231 g/mol. The SMILES string of the molecule is C[S+](C)C(C)(C)C.[I-]. The van der Waals surface area contributed by atoms with Gasteiger partial charge in [-0.05, 0) is 31.7 Å². The van der Waals surface area contributed by atoms with Gasteiger partial charge in [-0.2, -0.15) is 0 Å². The molecule has 0 spiro atoms. The summed E-state index contributed by atoms with van der Waals surface area (Å²) >= 11 is 0. The molecule has 52 valence electrons. The lowest BCUT2D eigenvalue weighted by molar-refractivity contribution is -0.00000197. The van der Waals surface area contributed by atoms with Gasteiger partial charge in [0.05, 0.1) is 12.5 Å². The van der Waals surface area contributed by atoms with Crippen LogP contribution in [0.25, 0.3) is 0 Å². The third-order valence-corrected chi connectivity index (χ3v) is 3.67. The summed E-state index contributed by atoms with van der Waals surface area (Å²) in [6.45, 7) is 6.82. The molecule has 0 saturated heterocycles. The van der Waals surface area contributed by atoms with Crippen molar-refractivity contribution in [3.8, 4) is 0 Å². The van der Waals surface area contributed by atoms with Gasteiger partial charge in [0, 0.05) is 0 Å². The fourth-order valence-corrected chi connectivity index (χ4v) is 0. The largest absolute Gasteiger partial charge is 1.00 e. The van der Waals surface area contributed by atoms with Crippen LogP contribution in [-0.4, -0.2) is 17.3 Å². The highest BCUT2D eigenvalue weighted by Gasteiger charge is 2.23. The van der Waals surface area contributed by atoms with Crippen molar-refractivity contribution in [2.45, 2.75) is 25.5 Å². The van der Waals surface area contributed by atoms with E-state index in [0.717, 1.165) is 0 Å². The van der Waals surface area contributed by atoms with Crippen LogP contribution < -0.4 is 24.0 Å². The molecule has 8 heavy (non-hydrogen) atoms. The maximum absolute atomic E-state index is 2.28. The van der Waals surface area contributed by atoms with Crippen LogP contribution in [0, 0.1) is 0 Å². The molecule has 2 heteroatoms. The number of rotatable bonds is 0. The average Bonchev–Trinajstić information content (AvgIpc) is 1.31. The molecule has 0 bridgehead atoms. The van der Waals surface area contributed by atoms with Crippen molar-refractivity contribution in [1.29, 1.82) is 0 Å². The van der Waals surface area contributed by atoms with E-state index in [1.807, 2.05) is 0 Å². The Bertz CT molecular complexity index is 54.0. The summed E-state index contributed by atoms with van der Waals surface area (Å²) in [5.74, 6) is 0. The predicted molar refractivity (Wildman–Crippen MR) is 39.0 cm³/mol. The Labute approximate surface area is 72.8 Å². The zero-order valence-electron chi connectivity index (χ0n) is 6.29. The fourth-order valence-electron chi connectivity index (χ4n) is 0. The van der Waals surface area contributed by atoms with E-state index in [2.05, 4.69) is 33.3 Å². The monoisotopic (exact) mass is 246 g/mol. The first-order chi connectivity index (χ1) is 2.94. The van der Waals surface area contributed by atoms with E-state index in [9.17, 15) is 0 Å². The molecule has 0 rings (SSSR count). The lowest BCUT2D eigenvalue weighted by atomic mass is 10.3. The van der Waals surface area contributed by atoms with Gasteiger partial charge in [-0.1, -0.05) is 0 Å². The first kappa shape index (κ1) is 11.8. The third kappa shape index (κ3) is 5.22. The smallest absolute Gasteiger partial charge is 0.119 e. The van der Waals surface area contributed by atoms with E-state index in [-0.39, 0.29) is 24.0 Å². The molecule has 0 aliphatic carbocycles. The predicted octanol–water partition coefficient (Wildman–Crippen LogP) is -1.33. The van der Waals surface area contributed by atoms with Gasteiger partial charge in [0.25, 0.3) is 0 Å². The van der Waals surface area contributed by atoms with Crippen LogP contribution in [-0.2, 0) is 10.9 Å². The van der Waals surface area contributed by atoms with Gasteiger partial charge in [0.2, 0.25) is 0 Å². The van der Waals surface area contributed by atoms with E-state index in [0.29, 0.717) is 15.6 Å². The maximum atomic E-state index is 2.28. The highest BCUT2D eigenvalue weighted by atomic mass is 127. The summed E-state index contributed by atoms with van der Waals surface area (Å²) in [5.41, 5.74) is 0. The minimum absolute atomic E-state index is 0. The van der Waals surface area contributed by atoms with Gasteiger partial charge in [-0.15, -0.1) is 0 Å². The van der Waals surface area contributed by atoms with Crippen LogP contribution in [0.1, 0.15) is 20.8 Å². The molecule has 0 aromatic heterocycles. The standard InChI is InChI=1S/C6H15S.HI/c1-6(2,3)7(4)5;/h1-5H3;1H/q+1;/p-1. The Morgan fingerprint density at radius 2 is 1.12 bits per heavy atom. The Morgan fingerprint density at radius 1 is 1.00 bits per heavy atom. The van der Waals surface area contributed by atoms with Gasteiger partial charge in [0.1, 0.15) is 4.75 Å². The molecule has 0 aliphatic heterocycles. The summed E-state index contributed by atoms with van der Waals surface area (Å²) in [4.78, 5) is 0. The molecule has 0 saturated carbocycles. The van der Waals surface area contributed by atoms with Crippen molar-refractivity contribution in [2.24, 2.45) is 0 Å². The van der Waals surface area contributed by atoms with Crippen LogP contribution in [0.4, 0.5) is 0 Å². The molecule has 0 aromatic carbocycles. The van der Waals surface area contributed by atoms with Crippen LogP contribution in [0.15, 0.2) is 0 Å². The molecule has 0 N–H and O–H groups in total. The topological polar surface area (TPSA) is 0 Å². The van der Waals surface area contributed by atoms with Crippen molar-refractivity contribution in [2.75, 3.05) is 12.5 Å². The molecule has 0 amide bonds. The highest BCUT2D eigenvalue weighted by molar-refractivity contribution is 7.96. The summed E-state index contributed by atoms with van der Waals surface area (Å²) < 4.78 is 0.528. The zero-order valence-corrected chi connectivity index (χ0v) is 9.26. The van der Waals surface area contributed by atoms with Crippen molar-refractivity contribution in [3.05, 3.63) is 0 Å². The fraction of sp³-hybridized carbons (Fsp3) is 1.00. The maximum Gasteiger partial charge on any atom is 0.119 e. The van der Waals surface area contributed by atoms with Gasteiger partial charge >= 0.3 is 0 Å². The van der Waals surface area contributed by atoms with Crippen LogP contribution in [0.2, 0.25) is 0 Å². The molecule has 0 nitrogen and oxygen atoms in total. The normalized spacial score (nSPS) is 11.2. The van der Waals surface area contributed by atoms with Gasteiger partial charge in [0.15, 0.2) is 0 Å². The Kier molecular flexibility index (Phi) is 5.89. The molecule has 0 unspecified atom stereocenters. The van der Waals surface area contributed by atoms with E-state index >= 15 is 0 Å². The van der Waals surface area contributed by atoms with Gasteiger partial charge in [-0.25, -0.2) is 0 Å². The van der Waals surface area contributed by atoms with Gasteiger partial charge in [-0.3, -0.25) is 0 Å². The molecule has 0 aromatic rings. The van der Waals surface area contributed by atoms with Crippen LogP contribution >= 0.6 is 0 Å². The second-order valence-corrected chi connectivity index (χ2v) is 5.79. The van der Waals surface area contributed by atoms with E-state index in [4.69, 9.17) is 0 Å². The number of hydrogen-bond acceptors (Lipinski definition) is 0. The zero-order chi connectivity index (χ0) is 6.08. The van der Waals surface area contributed by atoms with Crippen molar-refractivity contribution in [1.82, 2.24) is 0 Å². The molecule has 0 fully saturated rings. The minimum atomic E-state index is 0.